The number of para-hydroxylation sites is 1. The molecular weight excluding hydrogens is 551 g/mol. The van der Waals surface area contributed by atoms with Gasteiger partial charge in [0.1, 0.15) is 0 Å². The van der Waals surface area contributed by atoms with Crippen molar-refractivity contribution in [2.24, 2.45) is 0 Å². The second-order valence-electron chi connectivity index (χ2n) is 7.45. The molecule has 0 bridgehead atoms. The van der Waals surface area contributed by atoms with E-state index in [1.54, 1.807) is 11.7 Å². The SMILES string of the molecule is COC1=CC(CNCc2cc3ccc(Cl)cc3n(CCOc3ccccc3)c2=O)=C[I-]C=C1. The second kappa shape index (κ2) is 11.5. The third kappa shape index (κ3) is 6.28. The van der Waals surface area contributed by atoms with E-state index in [0.29, 0.717) is 36.8 Å². The molecule has 0 aliphatic carbocycles. The third-order valence-electron chi connectivity index (χ3n) is 5.17. The summed E-state index contributed by atoms with van der Waals surface area (Å²) in [5.41, 5.74) is 2.66. The molecule has 2 aromatic carbocycles. The van der Waals surface area contributed by atoms with Gasteiger partial charge in [0.2, 0.25) is 0 Å². The van der Waals surface area contributed by atoms with Crippen molar-refractivity contribution in [2.45, 2.75) is 13.1 Å². The third-order valence-corrected chi connectivity index (χ3v) is 7.34. The molecule has 172 valence electrons. The molecule has 0 unspecified atom stereocenters. The van der Waals surface area contributed by atoms with Crippen LogP contribution in [0.5, 0.6) is 5.75 Å². The molecule has 0 saturated heterocycles. The second-order valence-corrected chi connectivity index (χ2v) is 9.95. The van der Waals surface area contributed by atoms with Crippen molar-refractivity contribution >= 4 is 22.5 Å². The fourth-order valence-corrected chi connectivity index (χ4v) is 5.36. The van der Waals surface area contributed by atoms with Crippen molar-refractivity contribution in [1.82, 2.24) is 9.88 Å². The van der Waals surface area contributed by atoms with Gasteiger partial charge in [-0.05, 0) is 12.1 Å². The maximum atomic E-state index is 13.3. The van der Waals surface area contributed by atoms with Gasteiger partial charge < -0.3 is 0 Å². The number of hydrogen-bond acceptors (Lipinski definition) is 4. The molecule has 4 rings (SSSR count). The number of methoxy groups -OCH3 is 1. The van der Waals surface area contributed by atoms with Crippen LogP contribution in [0, 0.1) is 0 Å². The van der Waals surface area contributed by atoms with Crippen molar-refractivity contribution in [3.05, 3.63) is 107 Å². The number of halogens is 2. The van der Waals surface area contributed by atoms with Crippen LogP contribution < -0.4 is 36.8 Å². The Bertz CT molecular complexity index is 1270. The Morgan fingerprint density at radius 2 is 1.94 bits per heavy atom. The zero-order valence-corrected chi connectivity index (χ0v) is 21.2. The minimum atomic E-state index is -0.132. The summed E-state index contributed by atoms with van der Waals surface area (Å²) in [5.74, 6) is 1.63. The van der Waals surface area contributed by atoms with E-state index in [0.717, 1.165) is 22.4 Å². The molecule has 1 aliphatic rings. The number of nitrogens with zero attached hydrogens (tertiary/aromatic N) is 1. The Labute approximate surface area is 208 Å². The zero-order valence-electron chi connectivity index (χ0n) is 18.3. The number of aromatic nitrogens is 1. The molecule has 0 atom stereocenters. The van der Waals surface area contributed by atoms with E-state index >= 15 is 0 Å². The first-order valence-corrected chi connectivity index (χ1v) is 13.4. The minimum absolute atomic E-state index is 0.0361. The Kier molecular flexibility index (Phi) is 8.25. The predicted molar refractivity (Wildman–Crippen MR) is 129 cm³/mol. The summed E-state index contributed by atoms with van der Waals surface area (Å²) >= 11 is 6.10. The van der Waals surface area contributed by atoms with Crippen LogP contribution in [0.4, 0.5) is 0 Å². The molecule has 33 heavy (non-hydrogen) atoms. The number of hydrogen-bond donors (Lipinski definition) is 1. The van der Waals surface area contributed by atoms with Crippen molar-refractivity contribution in [3.8, 4) is 5.75 Å². The standard InChI is InChI=1S/C26H25ClIN2O3/c1-32-24-9-10-28-16-19(13-24)17-29-18-21-14-20-7-8-22(27)15-25(20)30(26(21)31)11-12-33-23-5-3-2-4-6-23/h2-10,13-16,29H,11-12,17-18H2,1H3/q-1. The van der Waals surface area contributed by atoms with E-state index in [1.165, 1.54) is 5.57 Å². The molecule has 0 saturated carbocycles. The Morgan fingerprint density at radius 1 is 1.09 bits per heavy atom. The van der Waals surface area contributed by atoms with E-state index in [9.17, 15) is 4.79 Å². The number of ether oxygens (including phenoxy) is 2. The first kappa shape index (κ1) is 23.6. The fourth-order valence-electron chi connectivity index (χ4n) is 3.56. The van der Waals surface area contributed by atoms with Gasteiger partial charge in [-0.3, -0.25) is 0 Å². The molecular formula is C26H25ClIN2O3-. The van der Waals surface area contributed by atoms with Crippen molar-refractivity contribution < 1.29 is 30.7 Å². The maximum absolute atomic E-state index is 13.3. The number of nitrogens with one attached hydrogen (secondary N) is 1. The molecule has 3 aromatic rings. The van der Waals surface area contributed by atoms with Crippen LogP contribution in [0.15, 0.2) is 91.0 Å². The first-order chi connectivity index (χ1) is 16.1. The van der Waals surface area contributed by atoms with Crippen LogP contribution in [0.1, 0.15) is 5.56 Å². The average Bonchev–Trinajstić information content (AvgIpc) is 3.07. The molecule has 1 aromatic heterocycles. The zero-order chi connectivity index (χ0) is 23.0. The van der Waals surface area contributed by atoms with Gasteiger partial charge >= 0.3 is 179 Å². The Morgan fingerprint density at radius 3 is 2.76 bits per heavy atom. The number of benzene rings is 2. The van der Waals surface area contributed by atoms with E-state index in [1.807, 2.05) is 66.7 Å². The van der Waals surface area contributed by atoms with Crippen LogP contribution in [0.2, 0.25) is 5.02 Å². The summed E-state index contributed by atoms with van der Waals surface area (Å²) in [6.07, 6.45) is 4.05. The van der Waals surface area contributed by atoms with Gasteiger partial charge in [0, 0.05) is 0 Å². The number of pyridine rings is 1. The van der Waals surface area contributed by atoms with Crippen molar-refractivity contribution in [2.75, 3.05) is 20.3 Å². The fraction of sp³-hybridized carbons (Fsp3) is 0.192. The van der Waals surface area contributed by atoms with E-state index in [-0.39, 0.29) is 26.8 Å². The molecule has 7 heteroatoms. The molecule has 0 spiro atoms. The van der Waals surface area contributed by atoms with Crippen LogP contribution >= 0.6 is 11.6 Å². The summed E-state index contributed by atoms with van der Waals surface area (Å²) in [6, 6.07) is 17.2. The van der Waals surface area contributed by atoms with Crippen molar-refractivity contribution in [1.29, 1.82) is 0 Å². The van der Waals surface area contributed by atoms with Crippen molar-refractivity contribution in [3.63, 3.8) is 0 Å². The van der Waals surface area contributed by atoms with Crippen LogP contribution in [-0.2, 0) is 17.8 Å². The molecule has 0 radical (unpaired) electrons. The molecule has 0 amide bonds. The van der Waals surface area contributed by atoms with Crippen LogP contribution in [0.25, 0.3) is 10.9 Å². The van der Waals surface area contributed by atoms with Gasteiger partial charge in [-0.15, -0.1) is 0 Å². The Hall–Kier alpha value is -2.55. The average molecular weight is 576 g/mol. The van der Waals surface area contributed by atoms with E-state index in [2.05, 4.69) is 13.5 Å². The van der Waals surface area contributed by atoms with E-state index in [4.69, 9.17) is 21.1 Å². The number of rotatable bonds is 9. The topological polar surface area (TPSA) is 52.5 Å². The Balaban J connectivity index is 1.52. The molecule has 1 aliphatic heterocycles. The number of fused-ring (bicyclic) bond motifs is 1. The van der Waals surface area contributed by atoms with Gasteiger partial charge in [0.05, 0.1) is 0 Å². The normalized spacial score (nSPS) is 13.6. The molecule has 0 fully saturated rings. The van der Waals surface area contributed by atoms with Gasteiger partial charge in [-0.1, -0.05) is 18.2 Å². The summed E-state index contributed by atoms with van der Waals surface area (Å²) in [5, 5.41) is 4.99. The van der Waals surface area contributed by atoms with Gasteiger partial charge in [-0.25, -0.2) is 0 Å². The summed E-state index contributed by atoms with van der Waals surface area (Å²) in [6.45, 7) is 1.95. The van der Waals surface area contributed by atoms with E-state index < -0.39 is 0 Å². The molecule has 2 heterocycles. The monoisotopic (exact) mass is 575 g/mol. The van der Waals surface area contributed by atoms with Gasteiger partial charge in [0.15, 0.2) is 0 Å². The van der Waals surface area contributed by atoms with Crippen LogP contribution in [0.3, 0.4) is 0 Å². The summed E-state index contributed by atoms with van der Waals surface area (Å²) in [4.78, 5) is 13.3. The quantitative estimate of drug-likeness (QED) is 0.396. The first-order valence-electron chi connectivity index (χ1n) is 10.6. The summed E-state index contributed by atoms with van der Waals surface area (Å²) < 4.78 is 17.4. The molecule has 1 N–H and O–H groups in total. The number of allylic oxidation sites excluding steroid dienone is 1. The van der Waals surface area contributed by atoms with Crippen LogP contribution in [-0.4, -0.2) is 24.8 Å². The van der Waals surface area contributed by atoms with Gasteiger partial charge in [-0.2, -0.15) is 0 Å². The summed E-state index contributed by atoms with van der Waals surface area (Å²) in [7, 11) is 1.68. The molecule has 5 nitrogen and oxygen atoms in total. The predicted octanol–water partition coefficient (Wildman–Crippen LogP) is 1.85. The van der Waals surface area contributed by atoms with Gasteiger partial charge in [0.25, 0.3) is 0 Å².